The smallest absolute Gasteiger partial charge is 0.254 e. The predicted octanol–water partition coefficient (Wildman–Crippen LogP) is 3.21. The molecule has 0 aliphatic carbocycles. The minimum absolute atomic E-state index is 0.0258. The number of aromatic nitrogens is 2. The molecule has 0 saturated carbocycles. The quantitative estimate of drug-likeness (QED) is 0.687. The van der Waals surface area contributed by atoms with Crippen molar-refractivity contribution in [3.63, 3.8) is 0 Å². The number of anilines is 1. The molecule has 3 aromatic rings. The van der Waals surface area contributed by atoms with E-state index in [1.165, 1.54) is 28.1 Å². The van der Waals surface area contributed by atoms with Crippen LogP contribution in [0.5, 0.6) is 5.75 Å². The van der Waals surface area contributed by atoms with Crippen molar-refractivity contribution in [3.05, 3.63) is 76.3 Å². The lowest BCUT2D eigenvalue weighted by atomic mass is 9.99. The summed E-state index contributed by atoms with van der Waals surface area (Å²) >= 11 is 0. The molecule has 4 rings (SSSR count). The van der Waals surface area contributed by atoms with Gasteiger partial charge in [-0.2, -0.15) is 0 Å². The first-order chi connectivity index (χ1) is 14.0. The van der Waals surface area contributed by atoms with Gasteiger partial charge < -0.3 is 9.64 Å². The number of rotatable bonds is 4. The molecular formula is C23H23N3O3. The minimum Gasteiger partial charge on any atom is -0.497 e. The Hall–Kier alpha value is -3.41. The monoisotopic (exact) mass is 389 g/mol. The standard InChI is InChI=1S/C23H23N3O3/c1-16-5-10-21-18(12-16)4-3-11-26(21)23(28)14-25-15-24-20(13-22(25)27)17-6-8-19(29-2)9-7-17/h5-10,12-13,15H,3-4,11,14H2,1-2H3. The number of nitrogens with zero attached hydrogens (tertiary/aromatic N) is 3. The Balaban J connectivity index is 1.54. The number of hydrogen-bond donors (Lipinski definition) is 0. The van der Waals surface area contributed by atoms with Crippen molar-refractivity contribution in [2.45, 2.75) is 26.3 Å². The van der Waals surface area contributed by atoms with E-state index >= 15 is 0 Å². The maximum absolute atomic E-state index is 12.9. The molecule has 148 valence electrons. The first-order valence-electron chi connectivity index (χ1n) is 9.66. The lowest BCUT2D eigenvalue weighted by Gasteiger charge is -2.30. The van der Waals surface area contributed by atoms with E-state index < -0.39 is 0 Å². The maximum atomic E-state index is 12.9. The first kappa shape index (κ1) is 18.9. The van der Waals surface area contributed by atoms with Crippen molar-refractivity contribution >= 4 is 11.6 Å². The lowest BCUT2D eigenvalue weighted by molar-refractivity contribution is -0.119. The van der Waals surface area contributed by atoms with Gasteiger partial charge in [-0.05, 0) is 55.7 Å². The predicted molar refractivity (Wildman–Crippen MR) is 112 cm³/mol. The Morgan fingerprint density at radius 3 is 2.66 bits per heavy atom. The van der Waals surface area contributed by atoms with Crippen LogP contribution in [0.3, 0.4) is 0 Å². The molecular weight excluding hydrogens is 366 g/mol. The lowest BCUT2D eigenvalue weighted by Crippen LogP contribution is -2.39. The van der Waals surface area contributed by atoms with Gasteiger partial charge in [0.15, 0.2) is 0 Å². The fourth-order valence-electron chi connectivity index (χ4n) is 3.68. The van der Waals surface area contributed by atoms with E-state index in [4.69, 9.17) is 4.74 Å². The molecule has 6 heteroatoms. The van der Waals surface area contributed by atoms with Gasteiger partial charge in [-0.1, -0.05) is 17.7 Å². The molecule has 0 N–H and O–H groups in total. The van der Waals surface area contributed by atoms with Crippen LogP contribution in [-0.2, 0) is 17.8 Å². The number of hydrogen-bond acceptors (Lipinski definition) is 4. The molecule has 0 bridgehead atoms. The fraction of sp³-hybridized carbons (Fsp3) is 0.261. The van der Waals surface area contributed by atoms with E-state index in [0.29, 0.717) is 12.2 Å². The summed E-state index contributed by atoms with van der Waals surface area (Å²) in [6, 6.07) is 14.9. The van der Waals surface area contributed by atoms with Crippen LogP contribution < -0.4 is 15.2 Å². The number of amides is 1. The number of benzene rings is 2. The molecule has 1 aliphatic rings. The second-order valence-electron chi connectivity index (χ2n) is 7.25. The molecule has 0 saturated heterocycles. The third kappa shape index (κ3) is 3.92. The Kier molecular flexibility index (Phi) is 5.16. The molecule has 2 aromatic carbocycles. The topological polar surface area (TPSA) is 64.4 Å². The fourth-order valence-corrected chi connectivity index (χ4v) is 3.68. The van der Waals surface area contributed by atoms with Gasteiger partial charge in [0.1, 0.15) is 12.3 Å². The molecule has 29 heavy (non-hydrogen) atoms. The molecule has 0 atom stereocenters. The average molecular weight is 389 g/mol. The van der Waals surface area contributed by atoms with Crippen LogP contribution in [0.2, 0.25) is 0 Å². The van der Waals surface area contributed by atoms with Crippen molar-refractivity contribution in [1.29, 1.82) is 0 Å². The summed E-state index contributed by atoms with van der Waals surface area (Å²) in [5.74, 6) is 0.639. The Labute approximate surface area is 169 Å². The Bertz CT molecular complexity index is 1100. The number of methoxy groups -OCH3 is 1. The molecule has 0 radical (unpaired) electrons. The second-order valence-corrected chi connectivity index (χ2v) is 7.25. The maximum Gasteiger partial charge on any atom is 0.254 e. The SMILES string of the molecule is COc1ccc(-c2cc(=O)n(CC(=O)N3CCCc4cc(C)ccc43)cn2)cc1. The van der Waals surface area contributed by atoms with Gasteiger partial charge in [-0.25, -0.2) is 4.98 Å². The molecule has 0 spiro atoms. The molecule has 2 heterocycles. The summed E-state index contributed by atoms with van der Waals surface area (Å²) in [7, 11) is 1.60. The van der Waals surface area contributed by atoms with Crippen molar-refractivity contribution in [2.75, 3.05) is 18.6 Å². The number of aryl methyl sites for hydroxylation is 2. The van der Waals surface area contributed by atoms with Gasteiger partial charge >= 0.3 is 0 Å². The summed E-state index contributed by atoms with van der Waals surface area (Å²) in [5.41, 5.74) is 4.46. The number of carbonyl (C=O) groups excluding carboxylic acids is 1. The Morgan fingerprint density at radius 2 is 1.93 bits per heavy atom. The van der Waals surface area contributed by atoms with Crippen LogP contribution in [0.25, 0.3) is 11.3 Å². The van der Waals surface area contributed by atoms with Gasteiger partial charge in [-0.3, -0.25) is 14.2 Å². The molecule has 1 amide bonds. The Morgan fingerprint density at radius 1 is 1.14 bits per heavy atom. The third-order valence-electron chi connectivity index (χ3n) is 5.23. The summed E-state index contributed by atoms with van der Waals surface area (Å²) in [5, 5.41) is 0. The molecule has 1 aromatic heterocycles. The largest absolute Gasteiger partial charge is 0.497 e. The number of fused-ring (bicyclic) bond motifs is 1. The van der Waals surface area contributed by atoms with Crippen molar-refractivity contribution in [1.82, 2.24) is 9.55 Å². The van der Waals surface area contributed by atoms with E-state index in [2.05, 4.69) is 18.0 Å². The van der Waals surface area contributed by atoms with E-state index in [9.17, 15) is 9.59 Å². The van der Waals surface area contributed by atoms with Crippen molar-refractivity contribution < 1.29 is 9.53 Å². The zero-order chi connectivity index (χ0) is 20.4. The van der Waals surface area contributed by atoms with Gasteiger partial charge in [0.25, 0.3) is 5.56 Å². The van der Waals surface area contributed by atoms with E-state index in [1.54, 1.807) is 12.0 Å². The molecule has 0 unspecified atom stereocenters. The van der Waals surface area contributed by atoms with Crippen LogP contribution in [0.1, 0.15) is 17.5 Å². The zero-order valence-corrected chi connectivity index (χ0v) is 16.6. The molecule has 6 nitrogen and oxygen atoms in total. The van der Waals surface area contributed by atoms with Crippen molar-refractivity contribution in [2.24, 2.45) is 0 Å². The number of carbonyl (C=O) groups is 1. The molecule has 0 fully saturated rings. The van der Waals surface area contributed by atoms with Crippen LogP contribution in [-0.4, -0.2) is 29.1 Å². The highest BCUT2D eigenvalue weighted by Crippen LogP contribution is 2.28. The second kappa shape index (κ2) is 7.91. The molecule has 1 aliphatic heterocycles. The van der Waals surface area contributed by atoms with Crippen LogP contribution >= 0.6 is 0 Å². The van der Waals surface area contributed by atoms with Crippen LogP contribution in [0, 0.1) is 6.92 Å². The summed E-state index contributed by atoms with van der Waals surface area (Å²) in [6.07, 6.45) is 3.34. The number of ether oxygens (including phenoxy) is 1. The summed E-state index contributed by atoms with van der Waals surface area (Å²) < 4.78 is 6.51. The van der Waals surface area contributed by atoms with E-state index in [1.807, 2.05) is 36.4 Å². The highest BCUT2D eigenvalue weighted by Gasteiger charge is 2.23. The van der Waals surface area contributed by atoms with Gasteiger partial charge in [-0.15, -0.1) is 0 Å². The van der Waals surface area contributed by atoms with Crippen LogP contribution in [0.15, 0.2) is 59.7 Å². The first-order valence-corrected chi connectivity index (χ1v) is 9.66. The third-order valence-corrected chi connectivity index (χ3v) is 5.23. The summed E-state index contributed by atoms with van der Waals surface area (Å²) in [4.78, 5) is 31.6. The normalized spacial score (nSPS) is 13.1. The van der Waals surface area contributed by atoms with Gasteiger partial charge in [0, 0.05) is 23.9 Å². The van der Waals surface area contributed by atoms with Gasteiger partial charge in [0.2, 0.25) is 5.91 Å². The summed E-state index contributed by atoms with van der Waals surface area (Å²) in [6.45, 7) is 2.69. The van der Waals surface area contributed by atoms with Gasteiger partial charge in [0.05, 0.1) is 19.1 Å². The van der Waals surface area contributed by atoms with E-state index in [0.717, 1.165) is 29.8 Å². The van der Waals surface area contributed by atoms with Crippen LogP contribution in [0.4, 0.5) is 5.69 Å². The average Bonchev–Trinajstić information content (AvgIpc) is 2.74. The van der Waals surface area contributed by atoms with Crippen molar-refractivity contribution in [3.8, 4) is 17.0 Å². The van der Waals surface area contributed by atoms with E-state index in [-0.39, 0.29) is 18.0 Å². The zero-order valence-electron chi connectivity index (χ0n) is 16.6. The highest BCUT2D eigenvalue weighted by atomic mass is 16.5. The minimum atomic E-state index is -0.250. The highest BCUT2D eigenvalue weighted by molar-refractivity contribution is 5.94.